The largest absolute Gasteiger partial charge is 0.389 e. The van der Waals surface area contributed by atoms with Crippen molar-refractivity contribution in [2.45, 2.75) is 23.9 Å². The number of hydrogen-bond donors (Lipinski definition) is 1. The summed E-state index contributed by atoms with van der Waals surface area (Å²) in [4.78, 5) is 11.0. The van der Waals surface area contributed by atoms with E-state index in [1.165, 1.54) is 0 Å². The zero-order chi connectivity index (χ0) is 16.4. The van der Waals surface area contributed by atoms with E-state index in [-0.39, 0.29) is 15.7 Å². The maximum absolute atomic E-state index is 12.0. The zero-order valence-electron chi connectivity index (χ0n) is 9.97. The van der Waals surface area contributed by atoms with Crippen molar-refractivity contribution in [3.05, 3.63) is 22.2 Å². The third-order valence-electron chi connectivity index (χ3n) is 2.20. The van der Waals surface area contributed by atoms with Crippen molar-refractivity contribution >= 4 is 54.5 Å². The van der Waals surface area contributed by atoms with Crippen LogP contribution in [0.5, 0.6) is 0 Å². The summed E-state index contributed by atoms with van der Waals surface area (Å²) in [6, 6.07) is 1.85. The van der Waals surface area contributed by atoms with E-state index in [2.05, 4.69) is 5.32 Å². The lowest BCUT2D eigenvalue weighted by Crippen LogP contribution is -2.17. The van der Waals surface area contributed by atoms with Gasteiger partial charge in [0, 0.05) is 17.1 Å². The van der Waals surface area contributed by atoms with Crippen LogP contribution in [-0.2, 0) is 13.8 Å². The van der Waals surface area contributed by atoms with Crippen molar-refractivity contribution in [1.29, 1.82) is 0 Å². The molecule has 0 saturated heterocycles. The number of alkyl halides is 3. The molecule has 0 aliphatic rings. The van der Waals surface area contributed by atoms with Crippen LogP contribution in [0.1, 0.15) is 12.8 Å². The Morgan fingerprint density at radius 2 is 1.67 bits per heavy atom. The molecule has 0 aromatic heterocycles. The first-order chi connectivity index (χ1) is 9.40. The van der Waals surface area contributed by atoms with Gasteiger partial charge in [-0.25, -0.2) is 8.42 Å². The molecular weight excluding hydrogens is 378 g/mol. The molecule has 0 heterocycles. The molecule has 0 radical (unpaired) electrons. The minimum absolute atomic E-state index is 0.186. The number of hydrogen-bond acceptors (Lipinski definition) is 3. The minimum Gasteiger partial charge on any atom is -0.324 e. The molecular formula is C10H7Cl3F3NO3S. The quantitative estimate of drug-likeness (QED) is 0.791. The van der Waals surface area contributed by atoms with Crippen LogP contribution < -0.4 is 5.32 Å². The molecule has 0 fully saturated rings. The molecule has 11 heteroatoms. The van der Waals surface area contributed by atoms with E-state index in [4.69, 9.17) is 33.9 Å². The number of carbonyl (C=O) groups is 1. The van der Waals surface area contributed by atoms with Crippen molar-refractivity contribution in [3.8, 4) is 0 Å². The second-order valence-corrected chi connectivity index (χ2v) is 7.24. The second kappa shape index (κ2) is 6.60. The second-order valence-electron chi connectivity index (χ2n) is 3.86. The summed E-state index contributed by atoms with van der Waals surface area (Å²) in [5, 5.41) is 1.57. The van der Waals surface area contributed by atoms with E-state index >= 15 is 0 Å². The van der Waals surface area contributed by atoms with Gasteiger partial charge in [0.2, 0.25) is 5.91 Å². The molecule has 0 spiro atoms. The maximum atomic E-state index is 12.0. The fourth-order valence-corrected chi connectivity index (χ4v) is 2.76. The van der Waals surface area contributed by atoms with Gasteiger partial charge in [0.15, 0.2) is 0 Å². The Kier molecular flexibility index (Phi) is 5.76. The molecule has 1 aromatic carbocycles. The third-order valence-corrected chi connectivity index (χ3v) is 4.13. The Morgan fingerprint density at radius 1 is 1.19 bits per heavy atom. The number of benzene rings is 1. The third kappa shape index (κ3) is 5.90. The number of carbonyl (C=O) groups excluding carboxylic acids is 1. The van der Waals surface area contributed by atoms with E-state index in [9.17, 15) is 26.4 Å². The number of halogens is 6. The lowest BCUT2D eigenvalue weighted by atomic mass is 10.2. The number of amides is 1. The smallest absolute Gasteiger partial charge is 0.324 e. The number of rotatable bonds is 4. The molecule has 0 unspecified atom stereocenters. The average molecular weight is 385 g/mol. The van der Waals surface area contributed by atoms with Gasteiger partial charge in [0.25, 0.3) is 9.05 Å². The van der Waals surface area contributed by atoms with Crippen LogP contribution >= 0.6 is 33.9 Å². The molecule has 4 nitrogen and oxygen atoms in total. The molecule has 0 aliphatic heterocycles. The molecule has 1 aromatic rings. The summed E-state index contributed by atoms with van der Waals surface area (Å²) in [5.41, 5.74) is -0.186. The summed E-state index contributed by atoms with van der Waals surface area (Å²) >= 11 is 11.5. The first-order valence-corrected chi connectivity index (χ1v) is 8.27. The van der Waals surface area contributed by atoms with Gasteiger partial charge >= 0.3 is 6.18 Å². The highest BCUT2D eigenvalue weighted by atomic mass is 35.7. The Hall–Kier alpha value is -0.700. The van der Waals surface area contributed by atoms with Crippen LogP contribution in [0.25, 0.3) is 0 Å². The summed E-state index contributed by atoms with van der Waals surface area (Å²) < 4.78 is 58.2. The molecule has 1 N–H and O–H groups in total. The van der Waals surface area contributed by atoms with Crippen molar-refractivity contribution in [1.82, 2.24) is 0 Å². The summed E-state index contributed by atoms with van der Waals surface area (Å²) in [5.74, 6) is -0.961. The summed E-state index contributed by atoms with van der Waals surface area (Å²) in [6.45, 7) is 0. The monoisotopic (exact) mass is 383 g/mol. The summed E-state index contributed by atoms with van der Waals surface area (Å²) in [7, 11) is 1.02. The number of nitrogens with one attached hydrogen (secondary N) is 1. The maximum Gasteiger partial charge on any atom is 0.389 e. The van der Waals surface area contributed by atoms with Crippen LogP contribution in [0.3, 0.4) is 0 Å². The fourth-order valence-electron chi connectivity index (χ4n) is 1.27. The molecule has 0 saturated carbocycles. The van der Waals surface area contributed by atoms with Gasteiger partial charge in [-0.3, -0.25) is 4.79 Å². The Balaban J connectivity index is 2.93. The molecule has 1 rings (SSSR count). The predicted molar refractivity (Wildman–Crippen MR) is 73.4 cm³/mol. The molecule has 0 bridgehead atoms. The lowest BCUT2D eigenvalue weighted by molar-refractivity contribution is -0.142. The van der Waals surface area contributed by atoms with Gasteiger partial charge < -0.3 is 5.32 Å². The zero-order valence-corrected chi connectivity index (χ0v) is 13.1. The first-order valence-electron chi connectivity index (χ1n) is 5.20. The highest BCUT2D eigenvalue weighted by Crippen LogP contribution is 2.34. The predicted octanol–water partition coefficient (Wildman–Crippen LogP) is 4.20. The highest BCUT2D eigenvalue weighted by Gasteiger charge is 2.28. The normalized spacial score (nSPS) is 12.3. The minimum atomic E-state index is -4.47. The van der Waals surface area contributed by atoms with E-state index in [1.54, 1.807) is 0 Å². The lowest BCUT2D eigenvalue weighted by Gasteiger charge is -2.11. The Bertz CT molecular complexity index is 638. The molecule has 21 heavy (non-hydrogen) atoms. The van der Waals surface area contributed by atoms with Gasteiger partial charge in [-0.1, -0.05) is 23.2 Å². The van der Waals surface area contributed by atoms with E-state index < -0.39 is 38.9 Å². The van der Waals surface area contributed by atoms with E-state index in [0.717, 1.165) is 12.1 Å². The van der Waals surface area contributed by atoms with Crippen LogP contribution in [-0.4, -0.2) is 20.5 Å². The van der Waals surface area contributed by atoms with Crippen LogP contribution in [0.15, 0.2) is 17.0 Å². The number of anilines is 1. The van der Waals surface area contributed by atoms with Gasteiger partial charge in [0.1, 0.15) is 0 Å². The topological polar surface area (TPSA) is 63.2 Å². The first kappa shape index (κ1) is 18.3. The van der Waals surface area contributed by atoms with Gasteiger partial charge in [-0.15, -0.1) is 0 Å². The Labute approximate surface area is 132 Å². The van der Waals surface area contributed by atoms with E-state index in [1.807, 2.05) is 0 Å². The Morgan fingerprint density at radius 3 is 2.05 bits per heavy atom. The highest BCUT2D eigenvalue weighted by molar-refractivity contribution is 8.13. The van der Waals surface area contributed by atoms with Crippen LogP contribution in [0.2, 0.25) is 10.0 Å². The molecule has 118 valence electrons. The summed E-state index contributed by atoms with van der Waals surface area (Å²) in [6.07, 6.45) is -6.59. The molecule has 0 atom stereocenters. The van der Waals surface area contributed by atoms with Crippen molar-refractivity contribution < 1.29 is 26.4 Å². The standard InChI is InChI=1S/C10H7Cl3F3NO3S/c11-6-3-5(21(13,19)20)4-7(12)9(6)17-8(18)1-2-10(14,15)16/h3-4H,1-2H2,(H,17,18). The molecule has 1 amide bonds. The van der Waals surface area contributed by atoms with E-state index in [0.29, 0.717) is 0 Å². The SMILES string of the molecule is O=C(CCC(F)(F)F)Nc1c(Cl)cc(S(=O)(=O)Cl)cc1Cl. The van der Waals surface area contributed by atoms with Crippen molar-refractivity contribution in [3.63, 3.8) is 0 Å². The van der Waals surface area contributed by atoms with Gasteiger partial charge in [-0.2, -0.15) is 13.2 Å². The van der Waals surface area contributed by atoms with Crippen molar-refractivity contribution in [2.75, 3.05) is 5.32 Å². The molecule has 0 aliphatic carbocycles. The average Bonchev–Trinajstić information content (AvgIpc) is 2.29. The van der Waals surface area contributed by atoms with Gasteiger partial charge in [-0.05, 0) is 12.1 Å². The van der Waals surface area contributed by atoms with Crippen LogP contribution in [0.4, 0.5) is 18.9 Å². The van der Waals surface area contributed by atoms with Crippen molar-refractivity contribution in [2.24, 2.45) is 0 Å². The van der Waals surface area contributed by atoms with Gasteiger partial charge in [0.05, 0.1) is 27.0 Å². The van der Waals surface area contributed by atoms with Crippen LogP contribution in [0, 0.1) is 0 Å². The fraction of sp³-hybridized carbons (Fsp3) is 0.300.